The van der Waals surface area contributed by atoms with Crippen molar-refractivity contribution in [3.63, 3.8) is 0 Å². The topological polar surface area (TPSA) is 65.2 Å². The predicted octanol–water partition coefficient (Wildman–Crippen LogP) is 2.54. The Morgan fingerprint density at radius 2 is 2.00 bits per heavy atom. The first kappa shape index (κ1) is 18.0. The fraction of sp³-hybridized carbons (Fsp3) is 0.375. The van der Waals surface area contributed by atoms with Crippen LogP contribution in [0.4, 0.5) is 0 Å². The number of H-pyrrole nitrogens is 1. The normalized spacial score (nSPS) is 15.5. The van der Waals surface area contributed by atoms with E-state index in [2.05, 4.69) is 26.2 Å². The SMILES string of the molecule is CNC1CCN(C(=O)c2cc(=O)[nH]c3ccc(Br)cc23)CC1.Cl. The van der Waals surface area contributed by atoms with Gasteiger partial charge in [0.1, 0.15) is 0 Å². The lowest BCUT2D eigenvalue weighted by Gasteiger charge is -2.32. The van der Waals surface area contributed by atoms with Crippen LogP contribution in [-0.4, -0.2) is 42.0 Å². The molecule has 2 aromatic rings. The van der Waals surface area contributed by atoms with Gasteiger partial charge >= 0.3 is 0 Å². The van der Waals surface area contributed by atoms with Crippen LogP contribution in [0, 0.1) is 0 Å². The Morgan fingerprint density at radius 1 is 1.30 bits per heavy atom. The Kier molecular flexibility index (Phi) is 5.84. The van der Waals surface area contributed by atoms with Crippen LogP contribution in [0.15, 0.2) is 33.5 Å². The fourth-order valence-corrected chi connectivity index (χ4v) is 3.31. The maximum atomic E-state index is 12.8. The monoisotopic (exact) mass is 399 g/mol. The second-order valence-electron chi connectivity index (χ2n) is 5.59. The molecule has 7 heteroatoms. The molecule has 0 aliphatic carbocycles. The first-order valence-corrected chi connectivity index (χ1v) is 8.17. The highest BCUT2D eigenvalue weighted by Crippen LogP contribution is 2.22. The summed E-state index contributed by atoms with van der Waals surface area (Å²) in [5.74, 6) is -0.0660. The number of piperidine rings is 1. The molecule has 1 aromatic carbocycles. The van der Waals surface area contributed by atoms with Crippen molar-refractivity contribution in [1.29, 1.82) is 0 Å². The summed E-state index contributed by atoms with van der Waals surface area (Å²) in [7, 11) is 1.95. The van der Waals surface area contributed by atoms with Crippen LogP contribution in [0.1, 0.15) is 23.2 Å². The third kappa shape index (κ3) is 3.76. The number of hydrogen-bond donors (Lipinski definition) is 2. The highest BCUT2D eigenvalue weighted by molar-refractivity contribution is 9.10. The molecular weight excluding hydrogens is 382 g/mol. The molecule has 1 amide bonds. The second kappa shape index (κ2) is 7.47. The van der Waals surface area contributed by atoms with Crippen molar-refractivity contribution in [3.05, 3.63) is 44.7 Å². The molecule has 0 radical (unpaired) electrons. The molecule has 1 fully saturated rings. The number of aromatic amines is 1. The van der Waals surface area contributed by atoms with Crippen molar-refractivity contribution in [2.45, 2.75) is 18.9 Å². The van der Waals surface area contributed by atoms with Crippen LogP contribution in [0.3, 0.4) is 0 Å². The average molecular weight is 401 g/mol. The van der Waals surface area contributed by atoms with E-state index in [1.165, 1.54) is 6.07 Å². The van der Waals surface area contributed by atoms with Crippen LogP contribution in [0.25, 0.3) is 10.9 Å². The van der Waals surface area contributed by atoms with Crippen molar-refractivity contribution in [3.8, 4) is 0 Å². The van der Waals surface area contributed by atoms with Gasteiger partial charge in [-0.25, -0.2) is 0 Å². The third-order valence-corrected chi connectivity index (χ3v) is 4.72. The number of carbonyl (C=O) groups is 1. The number of carbonyl (C=O) groups excluding carboxylic acids is 1. The van der Waals surface area contributed by atoms with Crippen LogP contribution < -0.4 is 10.9 Å². The van der Waals surface area contributed by atoms with E-state index in [1.54, 1.807) is 0 Å². The van der Waals surface area contributed by atoms with Gasteiger partial charge in [0, 0.05) is 40.6 Å². The molecule has 124 valence electrons. The first-order valence-electron chi connectivity index (χ1n) is 7.37. The largest absolute Gasteiger partial charge is 0.339 e. The Balaban J connectivity index is 0.00000192. The number of fused-ring (bicyclic) bond motifs is 1. The molecule has 0 unspecified atom stereocenters. The zero-order valence-electron chi connectivity index (χ0n) is 12.8. The molecule has 1 aromatic heterocycles. The van der Waals surface area contributed by atoms with Gasteiger partial charge in [0.25, 0.3) is 5.91 Å². The summed E-state index contributed by atoms with van der Waals surface area (Å²) in [5, 5.41) is 4.02. The van der Waals surface area contributed by atoms with Crippen molar-refractivity contribution in [2.75, 3.05) is 20.1 Å². The molecule has 1 aliphatic heterocycles. The van der Waals surface area contributed by atoms with E-state index in [1.807, 2.05) is 30.1 Å². The van der Waals surface area contributed by atoms with Gasteiger partial charge in [-0.1, -0.05) is 15.9 Å². The third-order valence-electron chi connectivity index (χ3n) is 4.23. The number of halogens is 2. The summed E-state index contributed by atoms with van der Waals surface area (Å²) in [6.07, 6.45) is 1.88. The molecule has 0 spiro atoms. The number of nitrogens with zero attached hydrogens (tertiary/aromatic N) is 1. The Bertz CT molecular complexity index is 769. The minimum Gasteiger partial charge on any atom is -0.339 e. The molecule has 1 aliphatic rings. The summed E-state index contributed by atoms with van der Waals surface area (Å²) in [4.78, 5) is 29.2. The molecule has 0 atom stereocenters. The summed E-state index contributed by atoms with van der Waals surface area (Å²) in [5.41, 5.74) is 0.912. The van der Waals surface area contributed by atoms with Gasteiger partial charge in [0.2, 0.25) is 5.56 Å². The summed E-state index contributed by atoms with van der Waals surface area (Å²) < 4.78 is 0.884. The summed E-state index contributed by atoms with van der Waals surface area (Å²) in [6, 6.07) is 7.41. The summed E-state index contributed by atoms with van der Waals surface area (Å²) >= 11 is 3.42. The zero-order chi connectivity index (χ0) is 15.7. The average Bonchev–Trinajstić information content (AvgIpc) is 2.54. The number of pyridine rings is 1. The smallest absolute Gasteiger partial charge is 0.254 e. The molecule has 23 heavy (non-hydrogen) atoms. The van der Waals surface area contributed by atoms with Crippen LogP contribution in [0.5, 0.6) is 0 Å². The Morgan fingerprint density at radius 3 is 2.65 bits per heavy atom. The molecule has 0 saturated carbocycles. The van der Waals surface area contributed by atoms with Gasteiger partial charge in [-0.2, -0.15) is 0 Å². The van der Waals surface area contributed by atoms with E-state index in [4.69, 9.17) is 0 Å². The van der Waals surface area contributed by atoms with Crippen molar-refractivity contribution < 1.29 is 4.79 Å². The number of amides is 1. The van der Waals surface area contributed by atoms with E-state index in [-0.39, 0.29) is 23.9 Å². The molecule has 2 N–H and O–H groups in total. The van der Waals surface area contributed by atoms with Gasteiger partial charge in [-0.15, -0.1) is 12.4 Å². The highest BCUT2D eigenvalue weighted by atomic mass is 79.9. The van der Waals surface area contributed by atoms with Crippen LogP contribution in [-0.2, 0) is 0 Å². The standard InChI is InChI=1S/C16H18BrN3O2.ClH/c1-18-11-4-6-20(7-5-11)16(22)13-9-15(21)19-14-3-2-10(17)8-12(13)14;/h2-3,8-9,11,18H,4-7H2,1H3,(H,19,21);1H. The van der Waals surface area contributed by atoms with E-state index < -0.39 is 0 Å². The molecule has 5 nitrogen and oxygen atoms in total. The van der Waals surface area contributed by atoms with Gasteiger partial charge < -0.3 is 15.2 Å². The van der Waals surface area contributed by atoms with Crippen molar-refractivity contribution in [1.82, 2.24) is 15.2 Å². The number of likely N-dealkylation sites (tertiary alicyclic amines) is 1. The van der Waals surface area contributed by atoms with E-state index >= 15 is 0 Å². The predicted molar refractivity (Wildman–Crippen MR) is 97.5 cm³/mol. The van der Waals surface area contributed by atoms with E-state index in [9.17, 15) is 9.59 Å². The quantitative estimate of drug-likeness (QED) is 0.814. The lowest BCUT2D eigenvalue weighted by molar-refractivity contribution is 0.0709. The number of rotatable bonds is 2. The second-order valence-corrected chi connectivity index (χ2v) is 6.51. The molecule has 2 heterocycles. The van der Waals surface area contributed by atoms with Crippen LogP contribution in [0.2, 0.25) is 0 Å². The summed E-state index contributed by atoms with van der Waals surface area (Å²) in [6.45, 7) is 1.43. The number of aromatic nitrogens is 1. The lowest BCUT2D eigenvalue weighted by atomic mass is 10.0. The first-order chi connectivity index (χ1) is 10.6. The van der Waals surface area contributed by atoms with Crippen molar-refractivity contribution in [2.24, 2.45) is 0 Å². The molecule has 3 rings (SSSR count). The molecule has 1 saturated heterocycles. The van der Waals surface area contributed by atoms with E-state index in [0.29, 0.717) is 30.2 Å². The maximum Gasteiger partial charge on any atom is 0.254 e. The highest BCUT2D eigenvalue weighted by Gasteiger charge is 2.24. The fourth-order valence-electron chi connectivity index (χ4n) is 2.94. The Labute approximate surface area is 149 Å². The van der Waals surface area contributed by atoms with Gasteiger partial charge in [-0.3, -0.25) is 9.59 Å². The van der Waals surface area contributed by atoms with Crippen LogP contribution >= 0.6 is 28.3 Å². The number of benzene rings is 1. The zero-order valence-corrected chi connectivity index (χ0v) is 15.2. The maximum absolute atomic E-state index is 12.8. The lowest BCUT2D eigenvalue weighted by Crippen LogP contribution is -2.44. The van der Waals surface area contributed by atoms with Gasteiger partial charge in [-0.05, 0) is 38.1 Å². The van der Waals surface area contributed by atoms with E-state index in [0.717, 1.165) is 22.7 Å². The number of nitrogens with one attached hydrogen (secondary N) is 2. The van der Waals surface area contributed by atoms with Gasteiger partial charge in [0.15, 0.2) is 0 Å². The minimum absolute atomic E-state index is 0. The minimum atomic E-state index is -0.247. The van der Waals surface area contributed by atoms with Crippen molar-refractivity contribution >= 4 is 45.1 Å². The van der Waals surface area contributed by atoms with Gasteiger partial charge in [0.05, 0.1) is 5.56 Å². The Hall–Kier alpha value is -1.37. The molecule has 0 bridgehead atoms. The number of hydrogen-bond acceptors (Lipinski definition) is 3. The molecular formula is C16H19BrClN3O2.